The summed E-state index contributed by atoms with van der Waals surface area (Å²) in [4.78, 5) is 2.19. The van der Waals surface area contributed by atoms with Gasteiger partial charge in [-0.3, -0.25) is 0 Å². The van der Waals surface area contributed by atoms with Gasteiger partial charge in [-0.25, -0.2) is 0 Å². The average Bonchev–Trinajstić information content (AvgIpc) is 2.37. The Hall–Kier alpha value is -1.26. The number of hydrogen-bond donors (Lipinski definition) is 1. The predicted molar refractivity (Wildman–Crippen MR) is 77.0 cm³/mol. The molecule has 0 bridgehead atoms. The molecule has 1 heterocycles. The SMILES string of the molecule is CC(CN(C)C)NC(C)c1ccc2c(c1)OCCO2. The zero-order valence-electron chi connectivity index (χ0n) is 12.3. The molecule has 2 rings (SSSR count). The molecule has 1 aliphatic heterocycles. The summed E-state index contributed by atoms with van der Waals surface area (Å²) < 4.78 is 11.2. The van der Waals surface area contributed by atoms with Crippen LogP contribution in [0.15, 0.2) is 18.2 Å². The van der Waals surface area contributed by atoms with E-state index in [1.807, 2.05) is 6.07 Å². The highest BCUT2D eigenvalue weighted by Crippen LogP contribution is 2.32. The van der Waals surface area contributed by atoms with Gasteiger partial charge in [-0.05, 0) is 45.6 Å². The molecule has 1 aromatic carbocycles. The smallest absolute Gasteiger partial charge is 0.161 e. The van der Waals surface area contributed by atoms with Gasteiger partial charge in [0.1, 0.15) is 13.2 Å². The van der Waals surface area contributed by atoms with Crippen molar-refractivity contribution < 1.29 is 9.47 Å². The van der Waals surface area contributed by atoms with Crippen molar-refractivity contribution in [2.75, 3.05) is 33.9 Å². The number of ether oxygens (including phenoxy) is 2. The van der Waals surface area contributed by atoms with Crippen molar-refractivity contribution in [3.05, 3.63) is 23.8 Å². The summed E-state index contributed by atoms with van der Waals surface area (Å²) >= 11 is 0. The second kappa shape index (κ2) is 6.26. The minimum Gasteiger partial charge on any atom is -0.486 e. The van der Waals surface area contributed by atoms with E-state index in [1.54, 1.807) is 0 Å². The zero-order valence-corrected chi connectivity index (χ0v) is 12.3. The minimum absolute atomic E-state index is 0.297. The molecule has 0 spiro atoms. The van der Waals surface area contributed by atoms with E-state index in [-0.39, 0.29) is 0 Å². The van der Waals surface area contributed by atoms with Crippen molar-refractivity contribution in [2.45, 2.75) is 25.9 Å². The van der Waals surface area contributed by atoms with Crippen LogP contribution in [-0.2, 0) is 0 Å². The monoisotopic (exact) mass is 264 g/mol. The molecule has 0 amide bonds. The average molecular weight is 264 g/mol. The molecule has 0 saturated carbocycles. The molecule has 1 aromatic rings. The summed E-state index contributed by atoms with van der Waals surface area (Å²) in [6, 6.07) is 6.92. The highest BCUT2D eigenvalue weighted by molar-refractivity contribution is 5.44. The van der Waals surface area contributed by atoms with E-state index in [0.29, 0.717) is 25.3 Å². The van der Waals surface area contributed by atoms with Crippen molar-refractivity contribution in [1.82, 2.24) is 10.2 Å². The highest BCUT2D eigenvalue weighted by Gasteiger charge is 2.15. The van der Waals surface area contributed by atoms with E-state index in [2.05, 4.69) is 50.3 Å². The van der Waals surface area contributed by atoms with Gasteiger partial charge in [0.15, 0.2) is 11.5 Å². The molecule has 1 aliphatic rings. The van der Waals surface area contributed by atoms with E-state index >= 15 is 0 Å². The van der Waals surface area contributed by atoms with Crippen molar-refractivity contribution in [2.24, 2.45) is 0 Å². The highest BCUT2D eigenvalue weighted by atomic mass is 16.6. The number of nitrogens with one attached hydrogen (secondary N) is 1. The Morgan fingerprint density at radius 2 is 1.84 bits per heavy atom. The molecule has 4 nitrogen and oxygen atoms in total. The molecule has 4 heteroatoms. The zero-order chi connectivity index (χ0) is 13.8. The molecule has 0 radical (unpaired) electrons. The minimum atomic E-state index is 0.297. The summed E-state index contributed by atoms with van der Waals surface area (Å²) in [5.74, 6) is 1.71. The lowest BCUT2D eigenvalue weighted by atomic mass is 10.1. The number of rotatable bonds is 5. The first-order valence-corrected chi connectivity index (χ1v) is 6.86. The molecule has 0 aliphatic carbocycles. The molecule has 0 saturated heterocycles. The molecule has 1 N–H and O–H groups in total. The molecular formula is C15H24N2O2. The van der Waals surface area contributed by atoms with Crippen LogP contribution >= 0.6 is 0 Å². The Morgan fingerprint density at radius 3 is 2.53 bits per heavy atom. The maximum absolute atomic E-state index is 5.62. The Balaban J connectivity index is 2.00. The van der Waals surface area contributed by atoms with Crippen molar-refractivity contribution >= 4 is 0 Å². The lowest BCUT2D eigenvalue weighted by Crippen LogP contribution is -2.37. The second-order valence-electron chi connectivity index (χ2n) is 5.45. The lowest BCUT2D eigenvalue weighted by Gasteiger charge is -2.24. The third-order valence-corrected chi connectivity index (χ3v) is 3.24. The summed E-state index contributed by atoms with van der Waals surface area (Å²) in [7, 11) is 4.18. The number of likely N-dealkylation sites (N-methyl/N-ethyl adjacent to an activating group) is 1. The van der Waals surface area contributed by atoms with Crippen LogP contribution in [0.1, 0.15) is 25.5 Å². The van der Waals surface area contributed by atoms with Crippen LogP contribution in [0.3, 0.4) is 0 Å². The summed E-state index contributed by atoms with van der Waals surface area (Å²) in [5, 5.41) is 3.60. The maximum Gasteiger partial charge on any atom is 0.161 e. The fraction of sp³-hybridized carbons (Fsp3) is 0.600. The van der Waals surface area contributed by atoms with Crippen LogP contribution < -0.4 is 14.8 Å². The van der Waals surface area contributed by atoms with Gasteiger partial charge in [0, 0.05) is 18.6 Å². The van der Waals surface area contributed by atoms with Gasteiger partial charge in [0.25, 0.3) is 0 Å². The fourth-order valence-corrected chi connectivity index (χ4v) is 2.45. The van der Waals surface area contributed by atoms with Crippen LogP contribution in [0.5, 0.6) is 11.5 Å². The van der Waals surface area contributed by atoms with Gasteiger partial charge in [0.2, 0.25) is 0 Å². The molecule has 106 valence electrons. The van der Waals surface area contributed by atoms with Gasteiger partial charge in [-0.15, -0.1) is 0 Å². The van der Waals surface area contributed by atoms with Crippen LogP contribution in [-0.4, -0.2) is 44.8 Å². The van der Waals surface area contributed by atoms with Crippen molar-refractivity contribution in [1.29, 1.82) is 0 Å². The molecule has 0 fully saturated rings. The van der Waals surface area contributed by atoms with Gasteiger partial charge in [-0.1, -0.05) is 6.07 Å². The summed E-state index contributed by atoms with van der Waals surface area (Å²) in [5.41, 5.74) is 1.23. The topological polar surface area (TPSA) is 33.7 Å². The normalized spacial score (nSPS) is 17.3. The van der Waals surface area contributed by atoms with Crippen LogP contribution in [0, 0.1) is 0 Å². The number of nitrogens with zero attached hydrogens (tertiary/aromatic N) is 1. The number of fused-ring (bicyclic) bond motifs is 1. The molecule has 0 aromatic heterocycles. The van der Waals surface area contributed by atoms with Crippen molar-refractivity contribution in [3.63, 3.8) is 0 Å². The van der Waals surface area contributed by atoms with E-state index in [4.69, 9.17) is 9.47 Å². The van der Waals surface area contributed by atoms with E-state index in [9.17, 15) is 0 Å². The van der Waals surface area contributed by atoms with Crippen LogP contribution in [0.25, 0.3) is 0 Å². The summed E-state index contributed by atoms with van der Waals surface area (Å²) in [6.07, 6.45) is 0. The van der Waals surface area contributed by atoms with Gasteiger partial charge < -0.3 is 19.7 Å². The molecule has 19 heavy (non-hydrogen) atoms. The molecule has 2 atom stereocenters. The van der Waals surface area contributed by atoms with Gasteiger partial charge in [-0.2, -0.15) is 0 Å². The van der Waals surface area contributed by atoms with Crippen LogP contribution in [0.2, 0.25) is 0 Å². The van der Waals surface area contributed by atoms with E-state index in [1.165, 1.54) is 5.56 Å². The first kappa shape index (κ1) is 14.2. The third kappa shape index (κ3) is 3.85. The Bertz CT molecular complexity index is 421. The standard InChI is InChI=1S/C15H24N2O2/c1-11(10-17(3)4)16-12(2)13-5-6-14-15(9-13)19-8-7-18-14/h5-6,9,11-12,16H,7-8,10H2,1-4H3. The molecule has 2 unspecified atom stereocenters. The van der Waals surface area contributed by atoms with Gasteiger partial charge in [0.05, 0.1) is 0 Å². The largest absolute Gasteiger partial charge is 0.486 e. The molecular weight excluding hydrogens is 240 g/mol. The van der Waals surface area contributed by atoms with E-state index < -0.39 is 0 Å². The quantitative estimate of drug-likeness (QED) is 0.882. The maximum atomic E-state index is 5.62. The first-order valence-electron chi connectivity index (χ1n) is 6.86. The Labute approximate surface area is 115 Å². The lowest BCUT2D eigenvalue weighted by molar-refractivity contribution is 0.171. The van der Waals surface area contributed by atoms with Crippen LogP contribution in [0.4, 0.5) is 0 Å². The predicted octanol–water partition coefficient (Wildman–Crippen LogP) is 2.06. The van der Waals surface area contributed by atoms with E-state index in [0.717, 1.165) is 18.0 Å². The Morgan fingerprint density at radius 1 is 1.16 bits per heavy atom. The second-order valence-corrected chi connectivity index (χ2v) is 5.45. The fourth-order valence-electron chi connectivity index (χ4n) is 2.45. The third-order valence-electron chi connectivity index (χ3n) is 3.24. The Kier molecular flexibility index (Phi) is 4.66. The first-order chi connectivity index (χ1) is 9.06. The van der Waals surface area contributed by atoms with Crippen molar-refractivity contribution in [3.8, 4) is 11.5 Å². The van der Waals surface area contributed by atoms with Gasteiger partial charge >= 0.3 is 0 Å². The summed E-state index contributed by atoms with van der Waals surface area (Å²) in [6.45, 7) is 6.68. The number of hydrogen-bond acceptors (Lipinski definition) is 4. The number of benzene rings is 1.